The summed E-state index contributed by atoms with van der Waals surface area (Å²) in [6.07, 6.45) is 2.47. The summed E-state index contributed by atoms with van der Waals surface area (Å²) < 4.78 is 7.13. The summed E-state index contributed by atoms with van der Waals surface area (Å²) in [4.78, 5) is 0. The number of hydrogen-bond acceptors (Lipinski definition) is 1. The summed E-state index contributed by atoms with van der Waals surface area (Å²) >= 11 is 0. The van der Waals surface area contributed by atoms with Crippen molar-refractivity contribution in [3.8, 4) is 0 Å². The van der Waals surface area contributed by atoms with E-state index in [0.29, 0.717) is 0 Å². The van der Waals surface area contributed by atoms with E-state index in [1.807, 2.05) is 6.07 Å². The average Bonchev–Trinajstić information content (AvgIpc) is 2.77. The van der Waals surface area contributed by atoms with Gasteiger partial charge in [0.25, 0.3) is 0 Å². The van der Waals surface area contributed by atoms with Crippen molar-refractivity contribution in [1.29, 1.82) is 0 Å². The third-order valence-electron chi connectivity index (χ3n) is 5.69. The van der Waals surface area contributed by atoms with Crippen LogP contribution in [-0.2, 0) is 4.52 Å². The monoisotopic (exact) mass is 388 g/mol. The van der Waals surface area contributed by atoms with Crippen LogP contribution in [0.25, 0.3) is 0 Å². The molecule has 1 heterocycles. The Labute approximate surface area is 184 Å². The molecule has 0 amide bonds. The summed E-state index contributed by atoms with van der Waals surface area (Å²) in [6.45, 7) is -3.10. The van der Waals surface area contributed by atoms with Crippen molar-refractivity contribution in [2.24, 2.45) is 0 Å². The fraction of sp³-hybridized carbons (Fsp3) is 0.0385. The molecule has 4 aromatic carbocycles. The molecule has 1 atom stereocenters. The molecule has 0 radical (unpaired) electrons. The molecule has 1 fully saturated rings. The summed E-state index contributed by atoms with van der Waals surface area (Å²) in [5, 5.41) is 3.74. The van der Waals surface area contributed by atoms with Crippen molar-refractivity contribution >= 4 is 22.7 Å². The van der Waals surface area contributed by atoms with Gasteiger partial charge in [-0.15, -0.1) is 0 Å². The first-order valence-corrected chi connectivity index (χ1v) is 11.8. The van der Waals surface area contributed by atoms with E-state index in [2.05, 4.69) is 121 Å². The van der Waals surface area contributed by atoms with Crippen LogP contribution in [0.1, 0.15) is 11.7 Å². The third-order valence-corrected chi connectivity index (χ3v) is 11.2. The van der Waals surface area contributed by atoms with Gasteiger partial charge >= 0.3 is 185 Å². The zero-order valence-electron chi connectivity index (χ0n) is 16.6. The van der Waals surface area contributed by atoms with Crippen molar-refractivity contribution in [2.45, 2.75) is 6.10 Å². The van der Waals surface area contributed by atoms with Crippen LogP contribution in [0.5, 0.6) is 0 Å². The second-order valence-corrected chi connectivity index (χ2v) is 11.5. The Bertz CT molecular complexity index is 959. The average molecular weight is 388 g/mol. The van der Waals surface area contributed by atoms with Crippen molar-refractivity contribution in [2.75, 3.05) is 0 Å². The van der Waals surface area contributed by atoms with Gasteiger partial charge in [-0.25, -0.2) is 0 Å². The van der Waals surface area contributed by atoms with Gasteiger partial charge in [-0.3, -0.25) is 0 Å². The maximum atomic E-state index is 7.13. The molecule has 1 aliphatic heterocycles. The zero-order chi connectivity index (χ0) is 18.9. The van der Waals surface area contributed by atoms with Gasteiger partial charge in [-0.05, 0) is 0 Å². The second kappa shape index (κ2) is 7.95. The Balaban J connectivity index is 0.00000205. The van der Waals surface area contributed by atoms with Crippen LogP contribution in [0.4, 0.5) is 0 Å². The van der Waals surface area contributed by atoms with E-state index in [1.54, 1.807) is 0 Å². The Morgan fingerprint density at radius 1 is 0.517 bits per heavy atom. The van der Waals surface area contributed by atoms with Gasteiger partial charge in [0.15, 0.2) is 0 Å². The normalized spacial score (nSPS) is 20.3. The molecule has 29 heavy (non-hydrogen) atoms. The zero-order valence-corrected chi connectivity index (χ0v) is 17.5. The Morgan fingerprint density at radius 3 is 1.17 bits per heavy atom. The molecular formula is C26H22LiOP. The molecule has 1 nitrogen and oxygen atoms in total. The number of rotatable bonds is 4. The van der Waals surface area contributed by atoms with Gasteiger partial charge in [0.1, 0.15) is 0 Å². The van der Waals surface area contributed by atoms with Crippen molar-refractivity contribution < 1.29 is 23.4 Å². The topological polar surface area (TPSA) is 9.23 Å². The van der Waals surface area contributed by atoms with Crippen molar-refractivity contribution in [1.82, 2.24) is 0 Å². The van der Waals surface area contributed by atoms with Gasteiger partial charge in [0.05, 0.1) is 0 Å². The van der Waals surface area contributed by atoms with Gasteiger partial charge < -0.3 is 0 Å². The van der Waals surface area contributed by atoms with Crippen LogP contribution in [0.15, 0.2) is 121 Å². The van der Waals surface area contributed by atoms with Gasteiger partial charge in [-0.2, -0.15) is 0 Å². The maximum absolute atomic E-state index is 7.13. The van der Waals surface area contributed by atoms with Crippen molar-refractivity contribution in [3.63, 3.8) is 0 Å². The van der Waals surface area contributed by atoms with E-state index in [4.69, 9.17) is 4.52 Å². The summed E-state index contributed by atoms with van der Waals surface area (Å²) in [5.74, 6) is 0. The fourth-order valence-electron chi connectivity index (χ4n) is 4.34. The molecule has 1 aliphatic rings. The van der Waals surface area contributed by atoms with Gasteiger partial charge in [0, 0.05) is 0 Å². The van der Waals surface area contributed by atoms with E-state index < -0.39 is 6.83 Å². The molecule has 0 spiro atoms. The SMILES string of the molecule is [Li+].c1ccc([C@@H]2[CH-]P(c3ccccc3)(c3ccccc3)(c3ccccc3)O2)cc1. The Morgan fingerprint density at radius 2 is 0.828 bits per heavy atom. The molecule has 0 bridgehead atoms. The molecule has 5 rings (SSSR count). The first kappa shape index (κ1) is 20.2. The summed E-state index contributed by atoms with van der Waals surface area (Å²) in [7, 11) is 0. The van der Waals surface area contributed by atoms with Crippen molar-refractivity contribution in [3.05, 3.63) is 133 Å². The molecule has 4 aromatic rings. The Kier molecular flexibility index (Phi) is 5.52. The fourth-order valence-corrected chi connectivity index (χ4v) is 9.70. The molecule has 0 aromatic heterocycles. The number of hydrogen-bond donors (Lipinski definition) is 0. The van der Waals surface area contributed by atoms with E-state index in [0.717, 1.165) is 0 Å². The minimum atomic E-state index is -3.10. The molecule has 138 valence electrons. The molecule has 0 N–H and O–H groups in total. The minimum absolute atomic E-state index is 0. The van der Waals surface area contributed by atoms with E-state index in [-0.39, 0.29) is 25.0 Å². The summed E-state index contributed by atoms with van der Waals surface area (Å²) in [5.41, 5.74) is 1.20. The van der Waals surface area contributed by atoms with E-state index in [9.17, 15) is 0 Å². The molecule has 3 heteroatoms. The molecule has 1 saturated heterocycles. The standard InChI is InChI=1S/C26H22OP.Li/c1-5-13-22(14-6-1)26-21-28(27-26,23-15-7-2-8-16-23,24-17-9-3-10-18-24)25-19-11-4-12-20-25;/h1-21,26H;/q-1;+1/t26-;/m0./s1. The predicted molar refractivity (Wildman–Crippen MR) is 120 cm³/mol. The quantitative estimate of drug-likeness (QED) is 0.296. The summed E-state index contributed by atoms with van der Waals surface area (Å²) in [6, 6.07) is 42.7. The van der Waals surface area contributed by atoms with Crippen LogP contribution >= 0.6 is 6.83 Å². The Hall–Kier alpha value is -2.13. The molecular weight excluding hydrogens is 366 g/mol. The van der Waals surface area contributed by atoms with Crippen LogP contribution in [0.2, 0.25) is 0 Å². The third kappa shape index (κ3) is 3.02. The second-order valence-electron chi connectivity index (χ2n) is 7.19. The van der Waals surface area contributed by atoms with E-state index >= 15 is 0 Å². The predicted octanol–water partition coefficient (Wildman–Crippen LogP) is 2.37. The van der Waals surface area contributed by atoms with Crippen LogP contribution < -0.4 is 34.8 Å². The molecule has 0 unspecified atom stereocenters. The number of benzene rings is 4. The van der Waals surface area contributed by atoms with Crippen LogP contribution in [0, 0.1) is 6.16 Å². The molecule has 0 saturated carbocycles. The van der Waals surface area contributed by atoms with E-state index in [1.165, 1.54) is 21.5 Å². The van der Waals surface area contributed by atoms with Gasteiger partial charge in [-0.1, -0.05) is 0 Å². The molecule has 0 aliphatic carbocycles. The first-order chi connectivity index (χ1) is 13.8. The first-order valence-electron chi connectivity index (χ1n) is 9.61. The van der Waals surface area contributed by atoms with Crippen LogP contribution in [0.3, 0.4) is 0 Å². The van der Waals surface area contributed by atoms with Crippen LogP contribution in [-0.4, -0.2) is 0 Å². The van der Waals surface area contributed by atoms with Gasteiger partial charge in [0.2, 0.25) is 0 Å².